The minimum absolute atomic E-state index is 0.145. The van der Waals surface area contributed by atoms with E-state index in [2.05, 4.69) is 17.9 Å². The van der Waals surface area contributed by atoms with Gasteiger partial charge in [-0.2, -0.15) is 0 Å². The molecule has 0 aliphatic heterocycles. The Morgan fingerprint density at radius 1 is 1.09 bits per heavy atom. The summed E-state index contributed by atoms with van der Waals surface area (Å²) < 4.78 is 0. The second-order valence-electron chi connectivity index (χ2n) is 5.90. The number of hydrogen-bond acceptors (Lipinski definition) is 3. The van der Waals surface area contributed by atoms with Gasteiger partial charge in [-0.3, -0.25) is 4.79 Å². The fraction of sp³-hybridized carbons (Fsp3) is 0.421. The average Bonchev–Trinajstić information content (AvgIpc) is 2.56. The SMILES string of the molecule is CCCN(CCC(=O)O)CCC(O)c1ccc2ccccc2c1. The van der Waals surface area contributed by atoms with Crippen molar-refractivity contribution in [1.29, 1.82) is 0 Å². The van der Waals surface area contributed by atoms with Crippen LogP contribution in [0.5, 0.6) is 0 Å². The summed E-state index contributed by atoms with van der Waals surface area (Å²) in [4.78, 5) is 12.8. The van der Waals surface area contributed by atoms with Crippen LogP contribution in [0.1, 0.15) is 37.9 Å². The van der Waals surface area contributed by atoms with Crippen molar-refractivity contribution >= 4 is 16.7 Å². The molecule has 0 radical (unpaired) electrons. The largest absolute Gasteiger partial charge is 0.481 e. The highest BCUT2D eigenvalue weighted by molar-refractivity contribution is 5.83. The fourth-order valence-corrected chi connectivity index (χ4v) is 2.79. The van der Waals surface area contributed by atoms with Crippen molar-refractivity contribution in [2.75, 3.05) is 19.6 Å². The molecule has 1 atom stereocenters. The molecule has 2 aromatic carbocycles. The molecule has 0 fully saturated rings. The van der Waals surface area contributed by atoms with Gasteiger partial charge in [-0.15, -0.1) is 0 Å². The number of rotatable bonds is 9. The summed E-state index contributed by atoms with van der Waals surface area (Å²) in [5.41, 5.74) is 0.915. The summed E-state index contributed by atoms with van der Waals surface area (Å²) in [6.45, 7) is 4.17. The molecular formula is C19H25NO3. The monoisotopic (exact) mass is 315 g/mol. The number of fused-ring (bicyclic) bond motifs is 1. The maximum absolute atomic E-state index is 10.7. The quantitative estimate of drug-likeness (QED) is 0.744. The van der Waals surface area contributed by atoms with Crippen LogP contribution in [0.15, 0.2) is 42.5 Å². The first-order chi connectivity index (χ1) is 11.1. The van der Waals surface area contributed by atoms with Crippen LogP contribution in [-0.4, -0.2) is 40.7 Å². The van der Waals surface area contributed by atoms with Crippen molar-refractivity contribution in [3.8, 4) is 0 Å². The van der Waals surface area contributed by atoms with Crippen LogP contribution in [0.25, 0.3) is 10.8 Å². The topological polar surface area (TPSA) is 60.8 Å². The van der Waals surface area contributed by atoms with E-state index in [-0.39, 0.29) is 6.42 Å². The molecular weight excluding hydrogens is 290 g/mol. The van der Waals surface area contributed by atoms with E-state index >= 15 is 0 Å². The van der Waals surface area contributed by atoms with Gasteiger partial charge in [0.05, 0.1) is 12.5 Å². The maximum atomic E-state index is 10.7. The predicted octanol–water partition coefficient (Wildman–Crippen LogP) is 3.45. The van der Waals surface area contributed by atoms with Crippen molar-refractivity contribution in [3.05, 3.63) is 48.0 Å². The van der Waals surface area contributed by atoms with E-state index in [1.54, 1.807) is 0 Å². The minimum atomic E-state index is -0.777. The molecule has 0 aliphatic rings. The molecule has 0 aromatic heterocycles. The number of hydrogen-bond donors (Lipinski definition) is 2. The molecule has 1 unspecified atom stereocenters. The molecule has 0 amide bonds. The van der Waals surface area contributed by atoms with Gasteiger partial charge in [0.1, 0.15) is 0 Å². The first-order valence-corrected chi connectivity index (χ1v) is 8.21. The second-order valence-corrected chi connectivity index (χ2v) is 5.90. The Labute approximate surface area is 137 Å². The van der Waals surface area contributed by atoms with Gasteiger partial charge >= 0.3 is 5.97 Å². The van der Waals surface area contributed by atoms with Crippen molar-refractivity contribution in [3.63, 3.8) is 0 Å². The number of aliphatic hydroxyl groups is 1. The highest BCUT2D eigenvalue weighted by Gasteiger charge is 2.12. The predicted molar refractivity (Wildman–Crippen MR) is 92.5 cm³/mol. The van der Waals surface area contributed by atoms with Crippen LogP contribution in [0.2, 0.25) is 0 Å². The van der Waals surface area contributed by atoms with E-state index in [9.17, 15) is 9.90 Å². The van der Waals surface area contributed by atoms with E-state index < -0.39 is 12.1 Å². The third kappa shape index (κ3) is 5.34. The number of carboxylic acids is 1. The maximum Gasteiger partial charge on any atom is 0.304 e. The Kier molecular flexibility index (Phi) is 6.56. The highest BCUT2D eigenvalue weighted by Crippen LogP contribution is 2.22. The highest BCUT2D eigenvalue weighted by atomic mass is 16.4. The van der Waals surface area contributed by atoms with E-state index in [0.717, 1.165) is 29.3 Å². The number of aliphatic hydroxyl groups excluding tert-OH is 1. The molecule has 23 heavy (non-hydrogen) atoms. The van der Waals surface area contributed by atoms with Gasteiger partial charge in [0.15, 0.2) is 0 Å². The van der Waals surface area contributed by atoms with Crippen LogP contribution in [0, 0.1) is 0 Å². The molecule has 4 nitrogen and oxygen atoms in total. The lowest BCUT2D eigenvalue weighted by atomic mass is 10.0. The van der Waals surface area contributed by atoms with Gasteiger partial charge in [0, 0.05) is 13.1 Å². The van der Waals surface area contributed by atoms with Crippen molar-refractivity contribution in [2.24, 2.45) is 0 Å². The zero-order valence-corrected chi connectivity index (χ0v) is 13.6. The van der Waals surface area contributed by atoms with Crippen molar-refractivity contribution in [1.82, 2.24) is 4.90 Å². The zero-order valence-electron chi connectivity index (χ0n) is 13.6. The minimum Gasteiger partial charge on any atom is -0.481 e. The lowest BCUT2D eigenvalue weighted by Gasteiger charge is -2.22. The Morgan fingerprint density at radius 2 is 1.83 bits per heavy atom. The van der Waals surface area contributed by atoms with Crippen LogP contribution < -0.4 is 0 Å². The molecule has 0 aliphatic carbocycles. The smallest absolute Gasteiger partial charge is 0.304 e. The molecule has 2 rings (SSSR count). The second kappa shape index (κ2) is 8.65. The molecule has 124 valence electrons. The van der Waals surface area contributed by atoms with Gasteiger partial charge in [-0.1, -0.05) is 43.3 Å². The normalized spacial score (nSPS) is 12.7. The van der Waals surface area contributed by atoms with Gasteiger partial charge in [0.25, 0.3) is 0 Å². The summed E-state index contributed by atoms with van der Waals surface area (Å²) in [6.07, 6.45) is 1.21. The number of carbonyl (C=O) groups is 1. The number of nitrogens with zero attached hydrogens (tertiary/aromatic N) is 1. The molecule has 0 heterocycles. The lowest BCUT2D eigenvalue weighted by molar-refractivity contribution is -0.137. The van der Waals surface area contributed by atoms with E-state index in [0.29, 0.717) is 19.5 Å². The molecule has 2 aromatic rings. The molecule has 0 bridgehead atoms. The Morgan fingerprint density at radius 3 is 2.52 bits per heavy atom. The molecule has 0 saturated carbocycles. The number of carboxylic acid groups (broad SMARTS) is 1. The van der Waals surface area contributed by atoms with Gasteiger partial charge < -0.3 is 15.1 Å². The number of aliphatic carboxylic acids is 1. The Balaban J connectivity index is 1.95. The Hall–Kier alpha value is -1.91. The summed E-state index contributed by atoms with van der Waals surface area (Å²) in [6, 6.07) is 14.1. The summed E-state index contributed by atoms with van der Waals surface area (Å²) in [7, 11) is 0. The van der Waals surface area contributed by atoms with Gasteiger partial charge in [-0.25, -0.2) is 0 Å². The van der Waals surface area contributed by atoms with Crippen LogP contribution >= 0.6 is 0 Å². The lowest BCUT2D eigenvalue weighted by Crippen LogP contribution is -2.29. The zero-order chi connectivity index (χ0) is 16.7. The summed E-state index contributed by atoms with van der Waals surface area (Å²) >= 11 is 0. The molecule has 0 saturated heterocycles. The van der Waals surface area contributed by atoms with E-state index in [1.807, 2.05) is 36.4 Å². The number of benzene rings is 2. The average molecular weight is 315 g/mol. The van der Waals surface area contributed by atoms with Crippen LogP contribution in [0.3, 0.4) is 0 Å². The van der Waals surface area contributed by atoms with Gasteiger partial charge in [-0.05, 0) is 41.8 Å². The fourth-order valence-electron chi connectivity index (χ4n) is 2.79. The molecule has 2 N–H and O–H groups in total. The third-order valence-corrected chi connectivity index (χ3v) is 4.06. The van der Waals surface area contributed by atoms with Gasteiger partial charge in [0.2, 0.25) is 0 Å². The van der Waals surface area contributed by atoms with Crippen molar-refractivity contribution < 1.29 is 15.0 Å². The molecule has 4 heteroatoms. The van der Waals surface area contributed by atoms with E-state index in [4.69, 9.17) is 5.11 Å². The summed E-state index contributed by atoms with van der Waals surface area (Å²) in [5, 5.41) is 21.5. The van der Waals surface area contributed by atoms with Crippen LogP contribution in [-0.2, 0) is 4.79 Å². The standard InChI is InChI=1S/C19H25NO3/c1-2-11-20(13-10-19(22)23)12-9-18(21)17-8-7-15-5-3-4-6-16(15)14-17/h3-8,14,18,21H,2,9-13H2,1H3,(H,22,23). The first-order valence-electron chi connectivity index (χ1n) is 8.21. The Bertz CT molecular complexity index is 641. The molecule has 0 spiro atoms. The first kappa shape index (κ1) is 17.4. The summed E-state index contributed by atoms with van der Waals surface area (Å²) in [5.74, 6) is -0.777. The third-order valence-electron chi connectivity index (χ3n) is 4.06. The van der Waals surface area contributed by atoms with Crippen LogP contribution in [0.4, 0.5) is 0 Å². The van der Waals surface area contributed by atoms with E-state index in [1.165, 1.54) is 0 Å². The van der Waals surface area contributed by atoms with Crippen molar-refractivity contribution in [2.45, 2.75) is 32.3 Å².